The maximum atomic E-state index is 4.15. The zero-order chi connectivity index (χ0) is 9.80. The fraction of sp³-hybridized carbons (Fsp3) is 0.727. The molecule has 0 aliphatic heterocycles. The van der Waals surface area contributed by atoms with Gasteiger partial charge in [-0.2, -0.15) is 5.10 Å². The van der Waals surface area contributed by atoms with Crippen LogP contribution < -0.4 is 5.32 Å². The van der Waals surface area contributed by atoms with E-state index in [4.69, 9.17) is 0 Å². The third-order valence-electron chi connectivity index (χ3n) is 3.14. The van der Waals surface area contributed by atoms with Crippen molar-refractivity contribution in [3.63, 3.8) is 0 Å². The SMILES string of the molecule is Cn1nccc1CCNCC1CCC1. The first-order chi connectivity index (χ1) is 6.86. The van der Waals surface area contributed by atoms with E-state index in [1.165, 1.54) is 31.5 Å². The molecular formula is C11H19N3. The van der Waals surface area contributed by atoms with Crippen molar-refractivity contribution in [1.82, 2.24) is 15.1 Å². The lowest BCUT2D eigenvalue weighted by molar-refractivity contribution is 0.302. The molecule has 1 aromatic rings. The zero-order valence-corrected chi connectivity index (χ0v) is 8.87. The van der Waals surface area contributed by atoms with Crippen LogP contribution in [0.25, 0.3) is 0 Å². The van der Waals surface area contributed by atoms with Gasteiger partial charge in [-0.1, -0.05) is 6.42 Å². The Balaban J connectivity index is 1.60. The Kier molecular flexibility index (Phi) is 3.19. The number of aryl methyl sites for hydroxylation is 1. The van der Waals surface area contributed by atoms with Crippen LogP contribution in [-0.2, 0) is 13.5 Å². The van der Waals surface area contributed by atoms with Crippen molar-refractivity contribution in [2.45, 2.75) is 25.7 Å². The monoisotopic (exact) mass is 193 g/mol. The molecule has 0 atom stereocenters. The topological polar surface area (TPSA) is 29.9 Å². The fourth-order valence-corrected chi connectivity index (χ4v) is 1.87. The summed E-state index contributed by atoms with van der Waals surface area (Å²) in [6.07, 6.45) is 7.25. The average molecular weight is 193 g/mol. The van der Waals surface area contributed by atoms with Crippen LogP contribution in [0.2, 0.25) is 0 Å². The number of rotatable bonds is 5. The number of hydrogen-bond donors (Lipinski definition) is 1. The predicted molar refractivity (Wildman–Crippen MR) is 57.1 cm³/mol. The van der Waals surface area contributed by atoms with Crippen LogP contribution in [-0.4, -0.2) is 22.9 Å². The largest absolute Gasteiger partial charge is 0.316 e. The molecule has 0 amide bonds. The molecule has 1 N–H and O–H groups in total. The lowest BCUT2D eigenvalue weighted by Gasteiger charge is -2.25. The van der Waals surface area contributed by atoms with E-state index in [0.717, 1.165) is 18.9 Å². The van der Waals surface area contributed by atoms with Crippen molar-refractivity contribution in [3.8, 4) is 0 Å². The van der Waals surface area contributed by atoms with Gasteiger partial charge in [0, 0.05) is 31.9 Å². The van der Waals surface area contributed by atoms with Gasteiger partial charge in [0.1, 0.15) is 0 Å². The fourth-order valence-electron chi connectivity index (χ4n) is 1.87. The van der Waals surface area contributed by atoms with E-state index < -0.39 is 0 Å². The first kappa shape index (κ1) is 9.71. The number of aromatic nitrogens is 2. The molecule has 1 aliphatic rings. The van der Waals surface area contributed by atoms with Gasteiger partial charge in [-0.15, -0.1) is 0 Å². The van der Waals surface area contributed by atoms with E-state index in [1.54, 1.807) is 0 Å². The van der Waals surface area contributed by atoms with E-state index in [2.05, 4.69) is 16.5 Å². The Hall–Kier alpha value is -0.830. The second-order valence-electron chi connectivity index (χ2n) is 4.20. The van der Waals surface area contributed by atoms with Gasteiger partial charge in [0.15, 0.2) is 0 Å². The highest BCUT2D eigenvalue weighted by Gasteiger charge is 2.16. The zero-order valence-electron chi connectivity index (χ0n) is 8.87. The molecule has 2 rings (SSSR count). The van der Waals surface area contributed by atoms with Gasteiger partial charge in [0.05, 0.1) is 0 Å². The molecular weight excluding hydrogens is 174 g/mol. The average Bonchev–Trinajstić information content (AvgIpc) is 2.48. The highest BCUT2D eigenvalue weighted by Crippen LogP contribution is 2.24. The highest BCUT2D eigenvalue weighted by atomic mass is 15.3. The molecule has 1 saturated carbocycles. The van der Waals surface area contributed by atoms with Gasteiger partial charge in [0.25, 0.3) is 0 Å². The number of nitrogens with zero attached hydrogens (tertiary/aromatic N) is 2. The summed E-state index contributed by atoms with van der Waals surface area (Å²) in [6, 6.07) is 2.09. The van der Waals surface area contributed by atoms with Crippen LogP contribution in [0.5, 0.6) is 0 Å². The third kappa shape index (κ3) is 2.35. The first-order valence-corrected chi connectivity index (χ1v) is 5.54. The molecule has 0 aromatic carbocycles. The molecule has 0 radical (unpaired) electrons. The van der Waals surface area contributed by atoms with Crippen molar-refractivity contribution in [2.24, 2.45) is 13.0 Å². The first-order valence-electron chi connectivity index (χ1n) is 5.54. The van der Waals surface area contributed by atoms with Crippen molar-refractivity contribution >= 4 is 0 Å². The summed E-state index contributed by atoms with van der Waals surface area (Å²) in [5.74, 6) is 0.960. The van der Waals surface area contributed by atoms with Crippen LogP contribution in [0, 0.1) is 5.92 Å². The van der Waals surface area contributed by atoms with Gasteiger partial charge < -0.3 is 5.32 Å². The Morgan fingerprint density at radius 3 is 3.00 bits per heavy atom. The van der Waals surface area contributed by atoms with Gasteiger partial charge in [-0.25, -0.2) is 0 Å². The van der Waals surface area contributed by atoms with Gasteiger partial charge in [-0.3, -0.25) is 4.68 Å². The molecule has 0 bridgehead atoms. The quantitative estimate of drug-likeness (QED) is 0.715. The standard InChI is InChI=1S/C11H19N3/c1-14-11(6-8-13-14)5-7-12-9-10-3-2-4-10/h6,8,10,12H,2-5,7,9H2,1H3. The molecule has 3 nitrogen and oxygen atoms in total. The van der Waals surface area contributed by atoms with E-state index in [0.29, 0.717) is 0 Å². The van der Waals surface area contributed by atoms with E-state index >= 15 is 0 Å². The minimum Gasteiger partial charge on any atom is -0.316 e. The minimum absolute atomic E-state index is 0.960. The second-order valence-corrected chi connectivity index (χ2v) is 4.20. The number of nitrogens with one attached hydrogen (secondary N) is 1. The van der Waals surface area contributed by atoms with Crippen molar-refractivity contribution < 1.29 is 0 Å². The Bertz CT molecular complexity index is 276. The minimum atomic E-state index is 0.960. The summed E-state index contributed by atoms with van der Waals surface area (Å²) >= 11 is 0. The molecule has 1 fully saturated rings. The maximum Gasteiger partial charge on any atom is 0.0492 e. The third-order valence-corrected chi connectivity index (χ3v) is 3.14. The molecule has 1 aliphatic carbocycles. The Morgan fingerprint density at radius 2 is 2.43 bits per heavy atom. The smallest absolute Gasteiger partial charge is 0.0492 e. The normalized spacial score (nSPS) is 16.9. The summed E-state index contributed by atoms with van der Waals surface area (Å²) < 4.78 is 1.95. The van der Waals surface area contributed by atoms with E-state index in [1.807, 2.05) is 17.9 Å². The molecule has 0 spiro atoms. The molecule has 1 heterocycles. The highest BCUT2D eigenvalue weighted by molar-refractivity contribution is 5.00. The van der Waals surface area contributed by atoms with Crippen LogP contribution in [0.4, 0.5) is 0 Å². The Morgan fingerprint density at radius 1 is 1.57 bits per heavy atom. The summed E-state index contributed by atoms with van der Waals surface area (Å²) in [7, 11) is 2.00. The second kappa shape index (κ2) is 4.60. The van der Waals surface area contributed by atoms with Crippen molar-refractivity contribution in [2.75, 3.05) is 13.1 Å². The number of hydrogen-bond acceptors (Lipinski definition) is 2. The summed E-state index contributed by atoms with van der Waals surface area (Å²) in [5.41, 5.74) is 1.31. The van der Waals surface area contributed by atoms with Gasteiger partial charge in [0.2, 0.25) is 0 Å². The van der Waals surface area contributed by atoms with Crippen LogP contribution in [0.1, 0.15) is 25.0 Å². The predicted octanol–water partition coefficient (Wildman–Crippen LogP) is 1.35. The van der Waals surface area contributed by atoms with Crippen LogP contribution in [0.3, 0.4) is 0 Å². The maximum absolute atomic E-state index is 4.15. The molecule has 0 saturated heterocycles. The van der Waals surface area contributed by atoms with E-state index in [-0.39, 0.29) is 0 Å². The lowest BCUT2D eigenvalue weighted by Crippen LogP contribution is -2.29. The molecule has 0 unspecified atom stereocenters. The molecule has 14 heavy (non-hydrogen) atoms. The van der Waals surface area contributed by atoms with Gasteiger partial charge in [-0.05, 0) is 31.4 Å². The summed E-state index contributed by atoms with van der Waals surface area (Å²) in [4.78, 5) is 0. The Labute approximate surface area is 85.5 Å². The molecule has 78 valence electrons. The van der Waals surface area contributed by atoms with Gasteiger partial charge >= 0.3 is 0 Å². The van der Waals surface area contributed by atoms with Crippen molar-refractivity contribution in [3.05, 3.63) is 18.0 Å². The van der Waals surface area contributed by atoms with Crippen LogP contribution >= 0.6 is 0 Å². The van der Waals surface area contributed by atoms with Crippen LogP contribution in [0.15, 0.2) is 12.3 Å². The summed E-state index contributed by atoms with van der Waals surface area (Å²) in [6.45, 7) is 2.29. The molecule has 3 heteroatoms. The lowest BCUT2D eigenvalue weighted by atomic mass is 9.85. The van der Waals surface area contributed by atoms with Crippen molar-refractivity contribution in [1.29, 1.82) is 0 Å². The summed E-state index contributed by atoms with van der Waals surface area (Å²) in [5, 5.41) is 7.66. The van der Waals surface area contributed by atoms with E-state index in [9.17, 15) is 0 Å². The molecule has 1 aromatic heterocycles.